The van der Waals surface area contributed by atoms with Crippen molar-refractivity contribution in [1.29, 1.82) is 0 Å². The van der Waals surface area contributed by atoms with Crippen LogP contribution in [0.2, 0.25) is 0 Å². The first-order valence-corrected chi connectivity index (χ1v) is 6.24. The fourth-order valence-electron chi connectivity index (χ4n) is 1.64. The summed E-state index contributed by atoms with van der Waals surface area (Å²) in [7, 11) is 0. The number of hydrogen-bond donors (Lipinski definition) is 1. The van der Waals surface area contributed by atoms with E-state index in [1.54, 1.807) is 0 Å². The molecule has 2 nitrogen and oxygen atoms in total. The second kappa shape index (κ2) is 7.13. The van der Waals surface area contributed by atoms with Gasteiger partial charge in [-0.2, -0.15) is 0 Å². The molecule has 1 aromatic rings. The lowest BCUT2D eigenvalue weighted by atomic mass is 10.1. The third-order valence-corrected chi connectivity index (χ3v) is 2.56. The molecular formula is C15H23NO. The van der Waals surface area contributed by atoms with Crippen LogP contribution in [0.4, 0.5) is 0 Å². The first-order valence-electron chi connectivity index (χ1n) is 6.24. The van der Waals surface area contributed by atoms with Gasteiger partial charge in [0.05, 0.1) is 0 Å². The van der Waals surface area contributed by atoms with Gasteiger partial charge in [0.25, 0.3) is 0 Å². The van der Waals surface area contributed by atoms with Crippen LogP contribution in [-0.4, -0.2) is 13.2 Å². The van der Waals surface area contributed by atoms with Gasteiger partial charge in [0.1, 0.15) is 12.4 Å². The Bertz CT molecular complexity index is 360. The molecule has 0 aromatic heterocycles. The topological polar surface area (TPSA) is 21.3 Å². The van der Waals surface area contributed by atoms with Crippen LogP contribution in [0.15, 0.2) is 36.4 Å². The third-order valence-electron chi connectivity index (χ3n) is 2.56. The van der Waals surface area contributed by atoms with Crippen molar-refractivity contribution in [2.24, 2.45) is 0 Å². The highest BCUT2D eigenvalue weighted by atomic mass is 16.5. The number of benzene rings is 1. The molecule has 1 unspecified atom stereocenters. The summed E-state index contributed by atoms with van der Waals surface area (Å²) in [5.74, 6) is 0.951. The van der Waals surface area contributed by atoms with E-state index in [2.05, 4.69) is 31.8 Å². The lowest BCUT2D eigenvalue weighted by molar-refractivity contribution is 0.344. The number of rotatable bonds is 7. The lowest BCUT2D eigenvalue weighted by Crippen LogP contribution is -2.20. The van der Waals surface area contributed by atoms with Gasteiger partial charge in [-0.25, -0.2) is 0 Å². The highest BCUT2D eigenvalue weighted by molar-refractivity contribution is 5.35. The highest BCUT2D eigenvalue weighted by Crippen LogP contribution is 2.25. The van der Waals surface area contributed by atoms with Gasteiger partial charge in [0.15, 0.2) is 0 Å². The molecule has 0 saturated carbocycles. The molecule has 17 heavy (non-hydrogen) atoms. The van der Waals surface area contributed by atoms with Gasteiger partial charge in [0, 0.05) is 11.6 Å². The van der Waals surface area contributed by atoms with Crippen molar-refractivity contribution >= 4 is 0 Å². The van der Waals surface area contributed by atoms with Gasteiger partial charge >= 0.3 is 0 Å². The maximum atomic E-state index is 5.76. The van der Waals surface area contributed by atoms with Crippen LogP contribution in [0, 0.1) is 0 Å². The van der Waals surface area contributed by atoms with Crippen LogP contribution >= 0.6 is 0 Å². The van der Waals surface area contributed by atoms with Gasteiger partial charge in [-0.15, -0.1) is 0 Å². The van der Waals surface area contributed by atoms with E-state index >= 15 is 0 Å². The average Bonchev–Trinajstić information content (AvgIpc) is 2.33. The Morgan fingerprint density at radius 1 is 1.41 bits per heavy atom. The highest BCUT2D eigenvalue weighted by Gasteiger charge is 2.10. The smallest absolute Gasteiger partial charge is 0.124 e. The Morgan fingerprint density at radius 2 is 2.12 bits per heavy atom. The third kappa shape index (κ3) is 4.61. The van der Waals surface area contributed by atoms with Gasteiger partial charge < -0.3 is 10.1 Å². The molecule has 0 spiro atoms. The Hall–Kier alpha value is -1.28. The molecule has 0 radical (unpaired) electrons. The maximum Gasteiger partial charge on any atom is 0.124 e. The van der Waals surface area contributed by atoms with E-state index in [4.69, 9.17) is 4.74 Å². The zero-order valence-corrected chi connectivity index (χ0v) is 11.1. The maximum absolute atomic E-state index is 5.76. The molecule has 0 heterocycles. The first kappa shape index (κ1) is 13.8. The van der Waals surface area contributed by atoms with E-state index in [1.807, 2.05) is 25.1 Å². The van der Waals surface area contributed by atoms with Gasteiger partial charge in [0.2, 0.25) is 0 Å². The van der Waals surface area contributed by atoms with Crippen LogP contribution in [0.5, 0.6) is 5.75 Å². The molecule has 1 rings (SSSR count). The molecule has 0 fully saturated rings. The molecule has 94 valence electrons. The Labute approximate surface area is 105 Å². The van der Waals surface area contributed by atoms with E-state index in [0.717, 1.165) is 24.3 Å². The first-order chi connectivity index (χ1) is 8.15. The summed E-state index contributed by atoms with van der Waals surface area (Å²) >= 11 is 0. The molecule has 0 aliphatic carbocycles. The molecule has 1 atom stereocenters. The fraction of sp³-hybridized carbons (Fsp3) is 0.467. The Morgan fingerprint density at radius 3 is 2.76 bits per heavy atom. The number of ether oxygens (including phenoxy) is 1. The average molecular weight is 233 g/mol. The summed E-state index contributed by atoms with van der Waals surface area (Å²) in [6.07, 6.45) is 1.14. The molecule has 0 bridgehead atoms. The molecular weight excluding hydrogens is 210 g/mol. The van der Waals surface area contributed by atoms with Crippen LogP contribution in [0.3, 0.4) is 0 Å². The molecule has 0 amide bonds. The SMILES string of the molecule is C=C(C)COc1ccccc1C(C)NCCC. The summed E-state index contributed by atoms with van der Waals surface area (Å²) in [5, 5.41) is 3.47. The summed E-state index contributed by atoms with van der Waals surface area (Å²) in [6.45, 7) is 11.8. The molecule has 2 heteroatoms. The van der Waals surface area contributed by atoms with Gasteiger partial charge in [-0.1, -0.05) is 31.7 Å². The van der Waals surface area contributed by atoms with E-state index in [-0.39, 0.29) is 0 Å². The number of para-hydroxylation sites is 1. The van der Waals surface area contributed by atoms with E-state index in [0.29, 0.717) is 12.6 Å². The molecule has 0 saturated heterocycles. The van der Waals surface area contributed by atoms with Crippen molar-refractivity contribution in [1.82, 2.24) is 5.32 Å². The fourth-order valence-corrected chi connectivity index (χ4v) is 1.64. The van der Waals surface area contributed by atoms with Gasteiger partial charge in [-0.05, 0) is 38.5 Å². The van der Waals surface area contributed by atoms with E-state index in [1.165, 1.54) is 5.56 Å². The number of nitrogens with one attached hydrogen (secondary N) is 1. The van der Waals surface area contributed by atoms with Gasteiger partial charge in [-0.3, -0.25) is 0 Å². The minimum Gasteiger partial charge on any atom is -0.489 e. The Kier molecular flexibility index (Phi) is 5.78. The van der Waals surface area contributed by atoms with Crippen molar-refractivity contribution in [3.63, 3.8) is 0 Å². The lowest BCUT2D eigenvalue weighted by Gasteiger charge is -2.18. The van der Waals surface area contributed by atoms with Crippen LogP contribution in [0.1, 0.15) is 38.8 Å². The molecule has 1 N–H and O–H groups in total. The Balaban J connectivity index is 2.72. The van der Waals surface area contributed by atoms with Crippen molar-refractivity contribution in [2.75, 3.05) is 13.2 Å². The minimum absolute atomic E-state index is 0.316. The van der Waals surface area contributed by atoms with Crippen LogP contribution < -0.4 is 10.1 Å². The minimum atomic E-state index is 0.316. The zero-order valence-electron chi connectivity index (χ0n) is 11.1. The van der Waals surface area contributed by atoms with Crippen LogP contribution in [-0.2, 0) is 0 Å². The molecule has 1 aromatic carbocycles. The molecule has 0 aliphatic heterocycles. The predicted octanol–water partition coefficient (Wildman–Crippen LogP) is 3.70. The molecule has 0 aliphatic rings. The zero-order chi connectivity index (χ0) is 12.7. The summed E-state index contributed by atoms with van der Waals surface area (Å²) < 4.78 is 5.76. The van der Waals surface area contributed by atoms with E-state index in [9.17, 15) is 0 Å². The second-order valence-electron chi connectivity index (χ2n) is 4.46. The normalized spacial score (nSPS) is 12.2. The number of hydrogen-bond acceptors (Lipinski definition) is 2. The van der Waals surface area contributed by atoms with Crippen molar-refractivity contribution < 1.29 is 4.74 Å². The van der Waals surface area contributed by atoms with Crippen molar-refractivity contribution in [3.05, 3.63) is 42.0 Å². The largest absolute Gasteiger partial charge is 0.489 e. The van der Waals surface area contributed by atoms with Crippen molar-refractivity contribution in [3.8, 4) is 5.75 Å². The monoisotopic (exact) mass is 233 g/mol. The second-order valence-corrected chi connectivity index (χ2v) is 4.46. The summed E-state index contributed by atoms with van der Waals surface area (Å²) in [5.41, 5.74) is 2.25. The van der Waals surface area contributed by atoms with E-state index < -0.39 is 0 Å². The summed E-state index contributed by atoms with van der Waals surface area (Å²) in [6, 6.07) is 8.50. The predicted molar refractivity (Wildman–Crippen MR) is 73.5 cm³/mol. The van der Waals surface area contributed by atoms with Crippen LogP contribution in [0.25, 0.3) is 0 Å². The standard InChI is InChI=1S/C15H23NO/c1-5-10-16-13(4)14-8-6-7-9-15(14)17-11-12(2)3/h6-9,13,16H,2,5,10-11H2,1,3-4H3. The summed E-state index contributed by atoms with van der Waals surface area (Å²) in [4.78, 5) is 0. The van der Waals surface area contributed by atoms with Crippen molar-refractivity contribution in [2.45, 2.75) is 33.2 Å². The quantitative estimate of drug-likeness (QED) is 0.725.